The largest absolute Gasteiger partial charge is 0.477 e. The molecular weight excluding hydrogens is 560 g/mol. The molecule has 15 heteroatoms. The minimum absolute atomic E-state index is 0.000693. The Morgan fingerprint density at radius 2 is 1.98 bits per heavy atom. The molecule has 40 heavy (non-hydrogen) atoms. The summed E-state index contributed by atoms with van der Waals surface area (Å²) in [5, 5.41) is 15.8. The average Bonchev–Trinajstić information content (AvgIpc) is 3.29. The third kappa shape index (κ3) is 6.82. The second-order valence-corrected chi connectivity index (χ2v) is 8.72. The molecule has 0 saturated carbocycles. The summed E-state index contributed by atoms with van der Waals surface area (Å²) in [4.78, 5) is 32.5. The highest BCUT2D eigenvalue weighted by Gasteiger charge is 2.35. The molecule has 0 fully saturated rings. The number of aromatic carboxylic acids is 1. The van der Waals surface area contributed by atoms with Crippen LogP contribution in [-0.2, 0) is 17.5 Å². The van der Waals surface area contributed by atoms with E-state index < -0.39 is 34.8 Å². The predicted octanol–water partition coefficient (Wildman–Crippen LogP) is 5.02. The number of carbonyl (C=O) groups is 1. The normalized spacial score (nSPS) is 12.8. The van der Waals surface area contributed by atoms with Crippen molar-refractivity contribution < 1.29 is 32.2 Å². The maximum Gasteiger partial charge on any atom is 0.435 e. The van der Waals surface area contributed by atoms with Gasteiger partial charge in [-0.25, -0.2) is 18.9 Å². The molecular formula is C25H23ClF4N6O4. The molecule has 1 aromatic carbocycles. The SMILES string of the molecule is C=NC(=NC(=C(C)c1cc(C(=O)O)c(=O)n(CCOC)c1)n1nc(C(F)(F)F)cc1C)Nc1ccc(F)c(Cl)c1. The standard InChI is InChI=1S/C25H23ClF4N6O4/c1-13-9-20(25(28,29)30)34-36(13)21(33-24(31-3)32-16-5-6-19(27)18(26)11-16)14(2)15-10-17(23(38)39)22(37)35(12-15)7-8-40-4/h5-6,9-12H,3,7-8H2,1-2,4H3,(H,32,33)(H,38,39). The lowest BCUT2D eigenvalue weighted by Gasteiger charge is -2.15. The number of rotatable bonds is 8. The van der Waals surface area contributed by atoms with Gasteiger partial charge in [0.25, 0.3) is 5.56 Å². The third-order valence-electron chi connectivity index (χ3n) is 5.54. The number of aryl methyl sites for hydroxylation is 1. The predicted molar refractivity (Wildman–Crippen MR) is 142 cm³/mol. The number of guanidine groups is 1. The third-order valence-corrected chi connectivity index (χ3v) is 5.83. The molecule has 0 aliphatic heterocycles. The van der Waals surface area contributed by atoms with Crippen LogP contribution in [-0.4, -0.2) is 51.8 Å². The molecule has 2 N–H and O–H groups in total. The second-order valence-electron chi connectivity index (χ2n) is 8.32. The van der Waals surface area contributed by atoms with E-state index in [0.717, 1.165) is 27.4 Å². The van der Waals surface area contributed by atoms with Crippen LogP contribution < -0.4 is 10.9 Å². The maximum atomic E-state index is 13.6. The summed E-state index contributed by atoms with van der Waals surface area (Å²) in [7, 11) is 1.40. The lowest BCUT2D eigenvalue weighted by atomic mass is 10.1. The van der Waals surface area contributed by atoms with Crippen molar-refractivity contribution in [3.05, 3.63) is 80.2 Å². The molecule has 0 saturated heterocycles. The van der Waals surface area contributed by atoms with E-state index in [1.54, 1.807) is 0 Å². The summed E-state index contributed by atoms with van der Waals surface area (Å²) in [5.74, 6) is -2.62. The highest BCUT2D eigenvalue weighted by Crippen LogP contribution is 2.31. The highest BCUT2D eigenvalue weighted by atomic mass is 35.5. The number of ether oxygens (including phenoxy) is 1. The molecule has 0 radical (unpaired) electrons. The number of hydrogen-bond donors (Lipinski definition) is 2. The maximum absolute atomic E-state index is 13.6. The Balaban J connectivity index is 2.30. The lowest BCUT2D eigenvalue weighted by Crippen LogP contribution is -2.28. The van der Waals surface area contributed by atoms with Crippen LogP contribution in [0.25, 0.3) is 11.4 Å². The molecule has 0 unspecified atom stereocenters. The summed E-state index contributed by atoms with van der Waals surface area (Å²) >= 11 is 5.83. The van der Waals surface area contributed by atoms with E-state index in [2.05, 4.69) is 27.1 Å². The zero-order chi connectivity index (χ0) is 29.8. The number of aromatic nitrogens is 3. The van der Waals surface area contributed by atoms with Crippen LogP contribution in [0.15, 0.2) is 51.3 Å². The Morgan fingerprint density at radius 1 is 1.27 bits per heavy atom. The smallest absolute Gasteiger partial charge is 0.435 e. The first-order chi connectivity index (χ1) is 18.8. The van der Waals surface area contributed by atoms with Gasteiger partial charge < -0.3 is 19.7 Å². The van der Waals surface area contributed by atoms with Crippen LogP contribution in [0.2, 0.25) is 5.02 Å². The van der Waals surface area contributed by atoms with Crippen LogP contribution >= 0.6 is 11.6 Å². The minimum Gasteiger partial charge on any atom is -0.477 e. The van der Waals surface area contributed by atoms with Gasteiger partial charge in [0, 0.05) is 36.8 Å². The molecule has 3 aromatic rings. The Kier molecular flexibility index (Phi) is 9.27. The minimum atomic E-state index is -4.77. The van der Waals surface area contributed by atoms with E-state index in [1.807, 2.05) is 0 Å². The van der Waals surface area contributed by atoms with E-state index in [-0.39, 0.29) is 52.5 Å². The molecule has 10 nitrogen and oxygen atoms in total. The van der Waals surface area contributed by atoms with Crippen LogP contribution in [0.1, 0.15) is 34.2 Å². The van der Waals surface area contributed by atoms with E-state index in [4.69, 9.17) is 16.3 Å². The van der Waals surface area contributed by atoms with Gasteiger partial charge in [-0.15, -0.1) is 0 Å². The van der Waals surface area contributed by atoms with Gasteiger partial charge in [0.1, 0.15) is 11.4 Å². The van der Waals surface area contributed by atoms with Crippen molar-refractivity contribution >= 4 is 47.3 Å². The molecule has 0 spiro atoms. The first kappa shape index (κ1) is 30.2. The van der Waals surface area contributed by atoms with Crippen molar-refractivity contribution in [1.82, 2.24) is 14.3 Å². The summed E-state index contributed by atoms with van der Waals surface area (Å²) in [6, 6.07) is 5.52. The van der Waals surface area contributed by atoms with Gasteiger partial charge in [-0.1, -0.05) is 11.6 Å². The van der Waals surface area contributed by atoms with E-state index >= 15 is 0 Å². The number of aliphatic imine (C=N–C) groups is 2. The molecule has 3 rings (SSSR count). The van der Waals surface area contributed by atoms with Crippen molar-refractivity contribution in [2.45, 2.75) is 26.6 Å². The number of allylic oxidation sites excluding steroid dienone is 1. The molecule has 0 bridgehead atoms. The van der Waals surface area contributed by atoms with Crippen LogP contribution in [0, 0.1) is 12.7 Å². The zero-order valence-electron chi connectivity index (χ0n) is 21.4. The number of pyridine rings is 1. The van der Waals surface area contributed by atoms with Gasteiger partial charge in [0.05, 0.1) is 11.6 Å². The number of halogens is 5. The van der Waals surface area contributed by atoms with E-state index in [0.29, 0.717) is 0 Å². The number of methoxy groups -OCH3 is 1. The Labute approximate surface area is 229 Å². The summed E-state index contributed by atoms with van der Waals surface area (Å²) in [5.41, 5.74) is -2.03. The summed E-state index contributed by atoms with van der Waals surface area (Å²) in [6.07, 6.45) is -3.44. The number of hydrogen-bond acceptors (Lipinski definition) is 5. The van der Waals surface area contributed by atoms with Crippen molar-refractivity contribution in [2.24, 2.45) is 9.98 Å². The fourth-order valence-electron chi connectivity index (χ4n) is 3.50. The number of benzene rings is 1. The second kappa shape index (κ2) is 12.3. The topological polar surface area (TPSA) is 123 Å². The average molecular weight is 583 g/mol. The van der Waals surface area contributed by atoms with Gasteiger partial charge in [-0.2, -0.15) is 23.3 Å². The monoisotopic (exact) mass is 582 g/mol. The Morgan fingerprint density at radius 3 is 2.52 bits per heavy atom. The van der Waals surface area contributed by atoms with Crippen molar-refractivity contribution in [3.8, 4) is 0 Å². The highest BCUT2D eigenvalue weighted by molar-refractivity contribution is 6.31. The van der Waals surface area contributed by atoms with Gasteiger partial charge in [0.2, 0.25) is 5.96 Å². The first-order valence-corrected chi connectivity index (χ1v) is 11.7. The fraction of sp³-hybridized carbons (Fsp3) is 0.240. The lowest BCUT2D eigenvalue weighted by molar-refractivity contribution is -0.141. The number of nitrogens with one attached hydrogen (secondary N) is 1. The first-order valence-electron chi connectivity index (χ1n) is 11.4. The molecule has 212 valence electrons. The van der Waals surface area contributed by atoms with Crippen molar-refractivity contribution in [2.75, 3.05) is 19.0 Å². The summed E-state index contributed by atoms with van der Waals surface area (Å²) in [6.45, 7) is 6.32. The molecule has 0 aliphatic rings. The van der Waals surface area contributed by atoms with Gasteiger partial charge in [-0.05, 0) is 56.5 Å². The fourth-order valence-corrected chi connectivity index (χ4v) is 3.68. The van der Waals surface area contributed by atoms with Crippen LogP contribution in [0.4, 0.5) is 23.2 Å². The van der Waals surface area contributed by atoms with Crippen LogP contribution in [0.5, 0.6) is 0 Å². The zero-order valence-corrected chi connectivity index (χ0v) is 22.1. The van der Waals surface area contributed by atoms with Crippen molar-refractivity contribution in [1.29, 1.82) is 0 Å². The number of alkyl halides is 3. The summed E-state index contributed by atoms with van der Waals surface area (Å²) < 4.78 is 61.1. The molecule has 2 heterocycles. The van der Waals surface area contributed by atoms with E-state index in [9.17, 15) is 32.3 Å². The number of carboxylic acids is 1. The molecule has 2 aromatic heterocycles. The number of carboxylic acid groups (broad SMARTS) is 1. The Bertz CT molecular complexity index is 1580. The van der Waals surface area contributed by atoms with E-state index in [1.165, 1.54) is 39.3 Å². The molecule has 0 aliphatic carbocycles. The van der Waals surface area contributed by atoms with Crippen molar-refractivity contribution in [3.63, 3.8) is 0 Å². The van der Waals surface area contributed by atoms with Gasteiger partial charge in [0.15, 0.2) is 11.5 Å². The van der Waals surface area contributed by atoms with Gasteiger partial charge in [-0.3, -0.25) is 4.79 Å². The number of anilines is 1. The Hall–Kier alpha value is -4.30. The quantitative estimate of drug-likeness (QED) is 0.218. The molecule has 0 atom stereocenters. The van der Waals surface area contributed by atoms with Gasteiger partial charge >= 0.3 is 12.1 Å². The van der Waals surface area contributed by atoms with Crippen LogP contribution in [0.3, 0.4) is 0 Å². The molecule has 0 amide bonds. The number of nitrogens with zero attached hydrogens (tertiary/aromatic N) is 5.